The van der Waals surface area contributed by atoms with Crippen LogP contribution >= 0.6 is 0 Å². The first-order chi connectivity index (χ1) is 38.0. The van der Waals surface area contributed by atoms with Gasteiger partial charge in [0.15, 0.2) is 17.1 Å². The summed E-state index contributed by atoms with van der Waals surface area (Å²) in [7, 11) is 0. The molecular formula is C67H33F3N8. The number of hydrogen-bond donors (Lipinski definition) is 0. The number of alkyl halides is 3. The van der Waals surface area contributed by atoms with Crippen LogP contribution in [0.15, 0.2) is 200 Å². The van der Waals surface area contributed by atoms with E-state index in [1.807, 2.05) is 127 Å². The minimum Gasteiger partial charge on any atom is -0.308 e. The monoisotopic (exact) mass is 1010 g/mol. The normalized spacial score (nSPS) is 11.2. The quantitative estimate of drug-likeness (QED) is 0.149. The molecule has 2 heterocycles. The van der Waals surface area contributed by atoms with E-state index in [1.54, 1.807) is 36.4 Å². The summed E-state index contributed by atoms with van der Waals surface area (Å²) in [5.74, 6) is 0. The van der Waals surface area contributed by atoms with Crippen LogP contribution in [0.5, 0.6) is 0 Å². The first-order valence-electron chi connectivity index (χ1n) is 24.3. The van der Waals surface area contributed by atoms with Crippen molar-refractivity contribution in [2.45, 2.75) is 6.18 Å². The maximum Gasteiger partial charge on any atom is 0.416 e. The fourth-order valence-corrected chi connectivity index (χ4v) is 10.6. The van der Waals surface area contributed by atoms with E-state index in [9.17, 15) is 29.0 Å². The summed E-state index contributed by atoms with van der Waals surface area (Å²) >= 11 is 0. The summed E-state index contributed by atoms with van der Waals surface area (Å²) in [6, 6.07) is 66.6. The second-order valence-corrected chi connectivity index (χ2v) is 18.6. The molecule has 0 aliphatic rings. The summed E-state index contributed by atoms with van der Waals surface area (Å²) in [6.45, 7) is 24.2. The average molecular weight is 1010 g/mol. The summed E-state index contributed by atoms with van der Waals surface area (Å²) in [4.78, 5) is 11.4. The molecule has 0 aliphatic carbocycles. The zero-order chi connectivity index (χ0) is 53.8. The van der Waals surface area contributed by atoms with Gasteiger partial charge in [0.2, 0.25) is 0 Å². The molecule has 362 valence electrons. The smallest absolute Gasteiger partial charge is 0.308 e. The highest BCUT2D eigenvalue weighted by Gasteiger charge is 2.32. The molecule has 0 saturated heterocycles. The first-order valence-corrected chi connectivity index (χ1v) is 24.3. The molecule has 0 aliphatic heterocycles. The molecular weight excluding hydrogens is 974 g/mol. The number of halogens is 3. The molecule has 0 saturated carbocycles. The van der Waals surface area contributed by atoms with Crippen molar-refractivity contribution >= 4 is 60.7 Å². The predicted octanol–water partition coefficient (Wildman–Crippen LogP) is 18.5. The Hall–Kier alpha value is -11.5. The van der Waals surface area contributed by atoms with Crippen molar-refractivity contribution in [1.82, 2.24) is 9.13 Å². The molecule has 2 aromatic heterocycles. The van der Waals surface area contributed by atoms with Gasteiger partial charge in [-0.2, -0.15) is 29.0 Å². The van der Waals surface area contributed by atoms with E-state index in [4.69, 9.17) is 19.7 Å². The zero-order valence-electron chi connectivity index (χ0n) is 40.8. The standard InChI is InChI=1S/C67H33F3N8/c1-74-52-14-6-12-44(29-52)48-18-24-63-58(33-48)59-34-49(45-13-7-15-53(30-45)75-2)19-25-64(59)78(63)66-36-60(76-3)55(54-21-20-51(67(68,69)70)28-50(54)39-73)35-65(66)77-61-22-16-46(42-10-4-8-40(26-42)37-71)31-56(61)57-32-47(17-23-62(57)77)43-11-5-9-41(27-43)38-72/h4-36H. The number of aromatic nitrogens is 2. The lowest BCUT2D eigenvalue weighted by Gasteiger charge is -2.20. The van der Waals surface area contributed by atoms with E-state index in [-0.39, 0.29) is 22.4 Å². The predicted molar refractivity (Wildman–Crippen MR) is 300 cm³/mol. The van der Waals surface area contributed by atoms with Crippen molar-refractivity contribution in [2.75, 3.05) is 0 Å². The fourth-order valence-electron chi connectivity index (χ4n) is 10.6. The Balaban J connectivity index is 1.22. The second-order valence-electron chi connectivity index (χ2n) is 18.6. The molecule has 12 aromatic rings. The van der Waals surface area contributed by atoms with Crippen molar-refractivity contribution in [3.63, 3.8) is 0 Å². The van der Waals surface area contributed by atoms with Gasteiger partial charge in [-0.3, -0.25) is 0 Å². The Morgan fingerprint density at radius 1 is 0.372 bits per heavy atom. The van der Waals surface area contributed by atoms with Gasteiger partial charge in [0.1, 0.15) is 0 Å². The molecule has 0 unspecified atom stereocenters. The number of nitrogens with zero attached hydrogens (tertiary/aromatic N) is 8. The van der Waals surface area contributed by atoms with Gasteiger partial charge in [-0.05, 0) is 165 Å². The van der Waals surface area contributed by atoms with Crippen molar-refractivity contribution in [3.8, 4) is 85.2 Å². The van der Waals surface area contributed by atoms with E-state index in [0.29, 0.717) is 33.9 Å². The fraction of sp³-hybridized carbons (Fsp3) is 0.0149. The summed E-state index contributed by atoms with van der Waals surface area (Å²) < 4.78 is 46.9. The number of nitriles is 3. The van der Waals surface area contributed by atoms with Crippen LogP contribution in [0.25, 0.3) is 125 Å². The van der Waals surface area contributed by atoms with Crippen LogP contribution in [0.4, 0.5) is 30.2 Å². The Kier molecular flexibility index (Phi) is 11.4. The molecule has 0 bridgehead atoms. The largest absolute Gasteiger partial charge is 0.416 e. The lowest BCUT2D eigenvalue weighted by Crippen LogP contribution is -2.06. The Bertz CT molecular complexity index is 4590. The third-order valence-corrected chi connectivity index (χ3v) is 14.3. The van der Waals surface area contributed by atoms with Gasteiger partial charge in [0, 0.05) is 21.5 Å². The highest BCUT2D eigenvalue weighted by molar-refractivity contribution is 6.14. The first kappa shape index (κ1) is 47.5. The van der Waals surface area contributed by atoms with Crippen LogP contribution in [0, 0.1) is 53.7 Å². The minimum absolute atomic E-state index is 0.0836. The summed E-state index contributed by atoms with van der Waals surface area (Å²) in [6.07, 6.45) is -4.73. The van der Waals surface area contributed by atoms with Gasteiger partial charge in [0.25, 0.3) is 0 Å². The zero-order valence-corrected chi connectivity index (χ0v) is 40.8. The summed E-state index contributed by atoms with van der Waals surface area (Å²) in [5.41, 5.74) is 11.9. The second kappa shape index (κ2) is 18.8. The van der Waals surface area contributed by atoms with Gasteiger partial charge in [-0.1, -0.05) is 91.0 Å². The van der Waals surface area contributed by atoms with Crippen LogP contribution < -0.4 is 0 Å². The number of rotatable bonds is 7. The molecule has 11 heteroatoms. The highest BCUT2D eigenvalue weighted by Crippen LogP contribution is 2.47. The number of hydrogen-bond acceptors (Lipinski definition) is 3. The summed E-state index contributed by atoms with van der Waals surface area (Å²) in [5, 5.41) is 33.6. The van der Waals surface area contributed by atoms with Gasteiger partial charge in [-0.25, -0.2) is 14.5 Å². The molecule has 0 spiro atoms. The topological polar surface area (TPSA) is 94.3 Å². The molecule has 12 rings (SSSR count). The van der Waals surface area contributed by atoms with Crippen molar-refractivity contribution in [3.05, 3.63) is 257 Å². The van der Waals surface area contributed by atoms with Crippen molar-refractivity contribution in [1.29, 1.82) is 15.8 Å². The van der Waals surface area contributed by atoms with Gasteiger partial charge >= 0.3 is 6.18 Å². The lowest BCUT2D eigenvalue weighted by molar-refractivity contribution is -0.137. The maximum atomic E-state index is 14.2. The van der Waals surface area contributed by atoms with E-state index < -0.39 is 11.7 Å². The average Bonchev–Trinajstić information content (AvgIpc) is 4.00. The number of fused-ring (bicyclic) bond motifs is 6. The van der Waals surface area contributed by atoms with Crippen molar-refractivity contribution in [2.24, 2.45) is 0 Å². The molecule has 8 nitrogen and oxygen atoms in total. The Morgan fingerprint density at radius 2 is 0.769 bits per heavy atom. The van der Waals surface area contributed by atoms with Crippen LogP contribution in [-0.4, -0.2) is 9.13 Å². The van der Waals surface area contributed by atoms with Gasteiger partial charge in [0.05, 0.1) is 93.6 Å². The SMILES string of the molecule is [C-]#[N+]c1cccc(-c2ccc3c(c2)c2cc(-c4cccc([N+]#[C-])c4)ccc2n3-c2cc([N+]#[C-])c(-c3ccc(C(F)(F)F)cc3C#N)cc2-n2c3ccc(-c4cccc(C#N)c4)cc3c3cc(-c4cccc(C#N)c4)ccc32)c1. The lowest BCUT2D eigenvalue weighted by atomic mass is 9.95. The van der Waals surface area contributed by atoms with Crippen molar-refractivity contribution < 1.29 is 13.2 Å². The molecule has 0 fully saturated rings. The molecule has 0 atom stereocenters. The van der Waals surface area contributed by atoms with E-state index in [1.165, 1.54) is 6.07 Å². The van der Waals surface area contributed by atoms with Gasteiger partial charge < -0.3 is 9.13 Å². The molecule has 0 N–H and O–H groups in total. The molecule has 0 radical (unpaired) electrons. The number of benzene rings is 10. The van der Waals surface area contributed by atoms with Crippen LogP contribution in [0.3, 0.4) is 0 Å². The van der Waals surface area contributed by atoms with E-state index >= 15 is 0 Å². The Morgan fingerprint density at radius 3 is 1.15 bits per heavy atom. The third kappa shape index (κ3) is 8.08. The minimum atomic E-state index is -4.73. The highest BCUT2D eigenvalue weighted by atomic mass is 19.4. The molecule has 0 amide bonds. The van der Waals surface area contributed by atoms with E-state index in [0.717, 1.165) is 100 Å². The maximum absolute atomic E-state index is 14.2. The van der Waals surface area contributed by atoms with Crippen LogP contribution in [-0.2, 0) is 6.18 Å². The van der Waals surface area contributed by atoms with E-state index in [2.05, 4.69) is 60.1 Å². The van der Waals surface area contributed by atoms with Crippen LogP contribution in [0.2, 0.25) is 0 Å². The van der Waals surface area contributed by atoms with Gasteiger partial charge in [-0.15, -0.1) is 0 Å². The molecule has 10 aromatic carbocycles. The third-order valence-electron chi connectivity index (χ3n) is 14.3. The molecule has 78 heavy (non-hydrogen) atoms. The Labute approximate surface area is 444 Å². The van der Waals surface area contributed by atoms with Crippen LogP contribution in [0.1, 0.15) is 22.3 Å².